The Balaban J connectivity index is 2.28. The van der Waals surface area contributed by atoms with E-state index in [1.807, 2.05) is 0 Å². The van der Waals surface area contributed by atoms with Crippen LogP contribution in [0.4, 0.5) is 5.69 Å². The van der Waals surface area contributed by atoms with Gasteiger partial charge in [0.25, 0.3) is 5.91 Å². The minimum atomic E-state index is -0.351. The summed E-state index contributed by atoms with van der Waals surface area (Å²) in [7, 11) is 0. The fourth-order valence-corrected chi connectivity index (χ4v) is 1.79. The van der Waals surface area contributed by atoms with Crippen LogP contribution in [0.5, 0.6) is 0 Å². The highest BCUT2D eigenvalue weighted by molar-refractivity contribution is 6.31. The summed E-state index contributed by atoms with van der Waals surface area (Å²) >= 11 is 5.94. The molecule has 1 aromatic heterocycles. The Bertz CT molecular complexity index is 695. The molecule has 1 amide bonds. The predicted octanol–water partition coefficient (Wildman–Crippen LogP) is 2.80. The third kappa shape index (κ3) is 3.41. The molecule has 3 N–H and O–H groups in total. The number of hydrogen-bond donors (Lipinski definition) is 2. The molecule has 0 aliphatic rings. The van der Waals surface area contributed by atoms with Crippen LogP contribution in [-0.2, 0) is 0 Å². The van der Waals surface area contributed by atoms with Gasteiger partial charge in [-0.25, -0.2) is 0 Å². The standard InChI is InChI=1S/C15H13ClN2O2/c1-10-4-7-14(20-10)15(19)18-13-9-12(16)6-5-11(13)3-2-8-17/h4-7,9H,8,17H2,1H3,(H,18,19). The van der Waals surface area contributed by atoms with E-state index < -0.39 is 0 Å². The van der Waals surface area contributed by atoms with Crippen molar-refractivity contribution >= 4 is 23.2 Å². The van der Waals surface area contributed by atoms with Crippen LogP contribution >= 0.6 is 11.6 Å². The number of furan rings is 1. The summed E-state index contributed by atoms with van der Waals surface area (Å²) in [6, 6.07) is 8.40. The Kier molecular flexibility index (Phi) is 4.46. The van der Waals surface area contributed by atoms with Crippen LogP contribution in [0.1, 0.15) is 21.9 Å². The fourth-order valence-electron chi connectivity index (χ4n) is 1.62. The zero-order chi connectivity index (χ0) is 14.5. The first-order valence-electron chi connectivity index (χ1n) is 5.96. The van der Waals surface area contributed by atoms with Crippen molar-refractivity contribution in [2.24, 2.45) is 5.73 Å². The SMILES string of the molecule is Cc1ccc(C(=O)Nc2cc(Cl)ccc2C#CCN)o1. The number of nitrogens with two attached hydrogens (primary N) is 1. The van der Waals surface area contributed by atoms with Crippen LogP contribution in [0, 0.1) is 18.8 Å². The van der Waals surface area contributed by atoms with Crippen LogP contribution in [0.2, 0.25) is 5.02 Å². The molecule has 20 heavy (non-hydrogen) atoms. The summed E-state index contributed by atoms with van der Waals surface area (Å²) in [4.78, 5) is 12.0. The summed E-state index contributed by atoms with van der Waals surface area (Å²) < 4.78 is 5.27. The Hall–Kier alpha value is -2.22. The minimum Gasteiger partial charge on any atom is -0.456 e. The van der Waals surface area contributed by atoms with Gasteiger partial charge < -0.3 is 15.5 Å². The quantitative estimate of drug-likeness (QED) is 0.835. The summed E-state index contributed by atoms with van der Waals surface area (Å²) in [5.41, 5.74) is 6.52. The third-order valence-corrected chi connectivity index (χ3v) is 2.75. The second kappa shape index (κ2) is 6.29. The number of hydrogen-bond acceptors (Lipinski definition) is 3. The Morgan fingerprint density at radius 1 is 1.40 bits per heavy atom. The third-order valence-electron chi connectivity index (χ3n) is 2.52. The van der Waals surface area contributed by atoms with Crippen LogP contribution < -0.4 is 11.1 Å². The molecule has 0 fully saturated rings. The van der Waals surface area contributed by atoms with E-state index in [0.717, 1.165) is 0 Å². The van der Waals surface area contributed by atoms with Gasteiger partial charge in [0.1, 0.15) is 5.76 Å². The highest BCUT2D eigenvalue weighted by Gasteiger charge is 2.12. The lowest BCUT2D eigenvalue weighted by Gasteiger charge is -2.06. The fraction of sp³-hybridized carbons (Fsp3) is 0.133. The first-order chi connectivity index (χ1) is 9.60. The van der Waals surface area contributed by atoms with E-state index in [4.69, 9.17) is 21.8 Å². The minimum absolute atomic E-state index is 0.236. The monoisotopic (exact) mass is 288 g/mol. The molecule has 0 bridgehead atoms. The summed E-state index contributed by atoms with van der Waals surface area (Å²) in [5, 5.41) is 3.24. The van der Waals surface area contributed by atoms with Crippen molar-refractivity contribution in [1.29, 1.82) is 0 Å². The zero-order valence-corrected chi connectivity index (χ0v) is 11.6. The maximum atomic E-state index is 12.0. The van der Waals surface area contributed by atoms with E-state index in [-0.39, 0.29) is 18.2 Å². The van der Waals surface area contributed by atoms with Crippen molar-refractivity contribution in [3.05, 3.63) is 52.4 Å². The lowest BCUT2D eigenvalue weighted by atomic mass is 10.1. The number of halogens is 1. The van der Waals surface area contributed by atoms with Crippen LogP contribution in [0.3, 0.4) is 0 Å². The molecule has 1 aromatic carbocycles. The number of anilines is 1. The maximum Gasteiger partial charge on any atom is 0.291 e. The van der Waals surface area contributed by atoms with Crippen molar-refractivity contribution in [2.75, 3.05) is 11.9 Å². The van der Waals surface area contributed by atoms with E-state index in [0.29, 0.717) is 22.0 Å². The molecular weight excluding hydrogens is 276 g/mol. The lowest BCUT2D eigenvalue weighted by Crippen LogP contribution is -2.12. The average Bonchev–Trinajstić information content (AvgIpc) is 2.85. The van der Waals surface area contributed by atoms with Crippen LogP contribution in [0.15, 0.2) is 34.7 Å². The molecule has 4 nitrogen and oxygen atoms in total. The zero-order valence-electron chi connectivity index (χ0n) is 10.9. The molecule has 0 aliphatic carbocycles. The van der Waals surface area contributed by atoms with E-state index in [2.05, 4.69) is 17.2 Å². The van der Waals surface area contributed by atoms with Crippen LogP contribution in [-0.4, -0.2) is 12.5 Å². The summed E-state index contributed by atoms with van der Waals surface area (Å²) in [6.45, 7) is 2.02. The Morgan fingerprint density at radius 2 is 2.20 bits per heavy atom. The Labute approximate surface area is 121 Å². The molecule has 0 radical (unpaired) electrons. The van der Waals surface area contributed by atoms with Gasteiger partial charge in [0.05, 0.1) is 12.2 Å². The van der Waals surface area contributed by atoms with Gasteiger partial charge in [-0.05, 0) is 37.3 Å². The van der Waals surface area contributed by atoms with Gasteiger partial charge in [0.15, 0.2) is 5.76 Å². The largest absolute Gasteiger partial charge is 0.456 e. The molecule has 0 spiro atoms. The molecule has 0 unspecified atom stereocenters. The molecule has 0 saturated carbocycles. The van der Waals surface area contributed by atoms with Crippen molar-refractivity contribution < 1.29 is 9.21 Å². The van der Waals surface area contributed by atoms with Crippen molar-refractivity contribution in [3.63, 3.8) is 0 Å². The average molecular weight is 289 g/mol. The number of rotatable bonds is 2. The van der Waals surface area contributed by atoms with Crippen LogP contribution in [0.25, 0.3) is 0 Å². The van der Waals surface area contributed by atoms with Gasteiger partial charge in [0, 0.05) is 10.6 Å². The van der Waals surface area contributed by atoms with Gasteiger partial charge in [-0.2, -0.15) is 0 Å². The number of nitrogens with one attached hydrogen (secondary N) is 1. The van der Waals surface area contributed by atoms with E-state index in [1.54, 1.807) is 37.3 Å². The van der Waals surface area contributed by atoms with Gasteiger partial charge in [-0.15, -0.1) is 0 Å². The molecule has 1 heterocycles. The topological polar surface area (TPSA) is 68.3 Å². The number of carbonyl (C=O) groups excluding carboxylic acids is 1. The highest BCUT2D eigenvalue weighted by atomic mass is 35.5. The normalized spacial score (nSPS) is 9.75. The smallest absolute Gasteiger partial charge is 0.291 e. The number of aryl methyl sites for hydroxylation is 1. The molecule has 0 saturated heterocycles. The number of benzene rings is 1. The molecule has 2 rings (SSSR count). The van der Waals surface area contributed by atoms with Gasteiger partial charge in [0.2, 0.25) is 0 Å². The molecule has 102 valence electrons. The first kappa shape index (κ1) is 14.2. The second-order valence-corrected chi connectivity index (χ2v) is 4.50. The van der Waals surface area contributed by atoms with E-state index in [9.17, 15) is 4.79 Å². The number of carbonyl (C=O) groups is 1. The Morgan fingerprint density at radius 3 is 2.85 bits per heavy atom. The maximum absolute atomic E-state index is 12.0. The van der Waals surface area contributed by atoms with Crippen molar-refractivity contribution in [1.82, 2.24) is 0 Å². The van der Waals surface area contributed by atoms with Gasteiger partial charge in [-0.3, -0.25) is 4.79 Å². The molecule has 5 heteroatoms. The first-order valence-corrected chi connectivity index (χ1v) is 6.34. The summed E-state index contributed by atoms with van der Waals surface area (Å²) in [5.74, 6) is 6.18. The van der Waals surface area contributed by atoms with Gasteiger partial charge >= 0.3 is 0 Å². The number of amides is 1. The lowest BCUT2D eigenvalue weighted by molar-refractivity contribution is 0.0995. The molecule has 2 aromatic rings. The van der Waals surface area contributed by atoms with Crippen molar-refractivity contribution in [2.45, 2.75) is 6.92 Å². The summed E-state index contributed by atoms with van der Waals surface area (Å²) in [6.07, 6.45) is 0. The van der Waals surface area contributed by atoms with Crippen molar-refractivity contribution in [3.8, 4) is 11.8 Å². The van der Waals surface area contributed by atoms with E-state index in [1.165, 1.54) is 0 Å². The predicted molar refractivity (Wildman–Crippen MR) is 78.8 cm³/mol. The van der Waals surface area contributed by atoms with Gasteiger partial charge in [-0.1, -0.05) is 23.4 Å². The van der Waals surface area contributed by atoms with E-state index >= 15 is 0 Å². The molecular formula is C15H13ClN2O2. The molecule has 0 aliphatic heterocycles. The second-order valence-electron chi connectivity index (χ2n) is 4.06. The molecule has 0 atom stereocenters. The highest BCUT2D eigenvalue weighted by Crippen LogP contribution is 2.21.